The summed E-state index contributed by atoms with van der Waals surface area (Å²) in [5.41, 5.74) is 2.46. The van der Waals surface area contributed by atoms with E-state index in [4.69, 9.17) is 16.1 Å². The fourth-order valence-electron chi connectivity index (χ4n) is 3.97. The van der Waals surface area contributed by atoms with Crippen LogP contribution in [-0.4, -0.2) is 39.0 Å². The average Bonchev–Trinajstić information content (AvgIpc) is 3.52. The molecule has 0 aliphatic carbocycles. The van der Waals surface area contributed by atoms with Crippen molar-refractivity contribution in [2.24, 2.45) is 10.3 Å². The monoisotopic (exact) mass is 464 g/mol. The lowest BCUT2D eigenvalue weighted by Gasteiger charge is -2.19. The summed E-state index contributed by atoms with van der Waals surface area (Å²) >= 11 is 5.92. The van der Waals surface area contributed by atoms with Gasteiger partial charge in [-0.2, -0.15) is 10.1 Å². The lowest BCUT2D eigenvalue weighted by atomic mass is 10.1. The molecule has 2 amide bonds. The van der Waals surface area contributed by atoms with Crippen molar-refractivity contribution in [2.75, 3.05) is 4.90 Å². The lowest BCUT2D eigenvalue weighted by molar-refractivity contribution is -0.123. The minimum absolute atomic E-state index is 0.0636. The van der Waals surface area contributed by atoms with E-state index >= 15 is 0 Å². The third kappa shape index (κ3) is 4.00. The number of halogens is 1. The Balaban J connectivity index is 1.31. The fourth-order valence-corrected chi connectivity index (χ4v) is 4.10. The molecule has 5 rings (SSSR count). The normalized spacial score (nSPS) is 19.6. The Bertz CT molecular complexity index is 1210. The summed E-state index contributed by atoms with van der Waals surface area (Å²) in [6.45, 7) is 2.20. The maximum Gasteiger partial charge on any atom is 0.263 e. The number of aryl methyl sites for hydroxylation is 1. The Morgan fingerprint density at radius 1 is 1.03 bits per heavy atom. The van der Waals surface area contributed by atoms with Crippen LogP contribution in [0.4, 0.5) is 5.69 Å². The van der Waals surface area contributed by atoms with E-state index in [2.05, 4.69) is 27.4 Å². The standard InChI is InChI=1S/C23H21ClN6O3/c1-2-3-4-14-5-11-17(12-6-14)30-22(31)19-20(23(30)32)29(28-26-19)13-18-25-21(27-33-18)15-7-9-16(24)10-8-15/h5-12,19-20H,2-4,13H2,1H3/t19-,20+/m0/s1. The number of hydrogen-bond donors (Lipinski definition) is 0. The third-order valence-electron chi connectivity index (χ3n) is 5.74. The van der Waals surface area contributed by atoms with Gasteiger partial charge >= 0.3 is 0 Å². The van der Waals surface area contributed by atoms with Crippen molar-refractivity contribution < 1.29 is 14.1 Å². The molecule has 2 aliphatic rings. The minimum atomic E-state index is -0.879. The highest BCUT2D eigenvalue weighted by molar-refractivity contribution is 6.30. The Kier molecular flexibility index (Phi) is 5.63. The molecule has 3 heterocycles. The van der Waals surface area contributed by atoms with Gasteiger partial charge in [-0.1, -0.05) is 47.5 Å². The van der Waals surface area contributed by atoms with Crippen LogP contribution in [0.2, 0.25) is 5.02 Å². The van der Waals surface area contributed by atoms with Crippen molar-refractivity contribution in [3.63, 3.8) is 0 Å². The second-order valence-electron chi connectivity index (χ2n) is 7.99. The number of amides is 2. The largest absolute Gasteiger partial charge is 0.337 e. The zero-order chi connectivity index (χ0) is 22.9. The van der Waals surface area contributed by atoms with Gasteiger partial charge < -0.3 is 4.52 Å². The maximum absolute atomic E-state index is 13.2. The van der Waals surface area contributed by atoms with E-state index in [1.54, 1.807) is 36.4 Å². The summed E-state index contributed by atoms with van der Waals surface area (Å²) < 4.78 is 5.33. The van der Waals surface area contributed by atoms with Gasteiger partial charge in [0.05, 0.1) is 5.69 Å². The summed E-state index contributed by atoms with van der Waals surface area (Å²) in [6, 6.07) is 12.9. The number of hydrogen-bond acceptors (Lipinski definition) is 8. The van der Waals surface area contributed by atoms with Gasteiger partial charge in [-0.05, 0) is 54.8 Å². The number of aromatic nitrogens is 2. The van der Waals surface area contributed by atoms with Gasteiger partial charge in [-0.15, -0.1) is 0 Å². The van der Waals surface area contributed by atoms with E-state index in [0.717, 1.165) is 24.8 Å². The van der Waals surface area contributed by atoms with E-state index in [9.17, 15) is 9.59 Å². The van der Waals surface area contributed by atoms with E-state index in [0.29, 0.717) is 16.5 Å². The molecule has 2 aromatic carbocycles. The molecule has 3 aromatic rings. The molecule has 0 bridgehead atoms. The summed E-state index contributed by atoms with van der Waals surface area (Å²) in [4.78, 5) is 31.7. The van der Waals surface area contributed by atoms with Crippen molar-refractivity contribution >= 4 is 29.1 Å². The number of carbonyl (C=O) groups excluding carboxylic acids is 2. The smallest absolute Gasteiger partial charge is 0.263 e. The highest BCUT2D eigenvalue weighted by Crippen LogP contribution is 2.33. The van der Waals surface area contributed by atoms with Crippen LogP contribution in [0.15, 0.2) is 63.4 Å². The molecule has 1 fully saturated rings. The summed E-state index contributed by atoms with van der Waals surface area (Å²) in [7, 11) is 0. The zero-order valence-corrected chi connectivity index (χ0v) is 18.6. The number of imide groups is 1. The van der Waals surface area contributed by atoms with Crippen LogP contribution in [0.1, 0.15) is 31.2 Å². The molecule has 168 valence electrons. The molecule has 0 saturated carbocycles. The van der Waals surface area contributed by atoms with E-state index < -0.39 is 12.1 Å². The molecule has 33 heavy (non-hydrogen) atoms. The summed E-state index contributed by atoms with van der Waals surface area (Å²) in [5.74, 6) is -0.0924. The van der Waals surface area contributed by atoms with Crippen molar-refractivity contribution in [3.05, 3.63) is 65.0 Å². The fraction of sp³-hybridized carbons (Fsp3) is 0.304. The molecule has 2 aliphatic heterocycles. The van der Waals surface area contributed by atoms with E-state index in [1.807, 2.05) is 12.1 Å². The highest BCUT2D eigenvalue weighted by Gasteiger charge is 2.55. The number of fused-ring (bicyclic) bond motifs is 1. The van der Waals surface area contributed by atoms with Gasteiger partial charge in [-0.25, -0.2) is 4.90 Å². The molecule has 2 atom stereocenters. The van der Waals surface area contributed by atoms with Crippen LogP contribution in [0, 0.1) is 0 Å². The number of carbonyl (C=O) groups is 2. The van der Waals surface area contributed by atoms with Crippen molar-refractivity contribution in [3.8, 4) is 11.4 Å². The number of benzene rings is 2. The number of unbranched alkanes of at least 4 members (excludes halogenated alkanes) is 1. The molecular formula is C23H21ClN6O3. The van der Waals surface area contributed by atoms with Crippen LogP contribution < -0.4 is 4.90 Å². The topological polar surface area (TPSA) is 104 Å². The van der Waals surface area contributed by atoms with Gasteiger partial charge in [-0.3, -0.25) is 14.6 Å². The molecular weight excluding hydrogens is 444 g/mol. The first kappa shape index (κ1) is 21.3. The third-order valence-corrected chi connectivity index (χ3v) is 5.99. The number of rotatable bonds is 7. The summed E-state index contributed by atoms with van der Waals surface area (Å²) in [6.07, 6.45) is 3.17. The molecule has 0 spiro atoms. The second kappa shape index (κ2) is 8.74. The lowest BCUT2D eigenvalue weighted by Crippen LogP contribution is -2.39. The second-order valence-corrected chi connectivity index (χ2v) is 8.43. The van der Waals surface area contributed by atoms with Gasteiger partial charge in [0.15, 0.2) is 12.1 Å². The Morgan fingerprint density at radius 2 is 1.79 bits per heavy atom. The Hall–Kier alpha value is -3.59. The van der Waals surface area contributed by atoms with Gasteiger partial charge in [0.2, 0.25) is 11.7 Å². The number of anilines is 1. The first-order valence-corrected chi connectivity index (χ1v) is 11.2. The molecule has 0 radical (unpaired) electrons. The van der Waals surface area contributed by atoms with Crippen molar-refractivity contribution in [1.82, 2.24) is 15.1 Å². The van der Waals surface area contributed by atoms with Gasteiger partial charge in [0, 0.05) is 10.6 Å². The van der Waals surface area contributed by atoms with E-state index in [-0.39, 0.29) is 24.2 Å². The average molecular weight is 465 g/mol. The van der Waals surface area contributed by atoms with Crippen molar-refractivity contribution in [1.29, 1.82) is 0 Å². The summed E-state index contributed by atoms with van der Waals surface area (Å²) in [5, 5.41) is 14.1. The van der Waals surface area contributed by atoms with Gasteiger partial charge in [0.25, 0.3) is 11.8 Å². The number of nitrogens with zero attached hydrogens (tertiary/aromatic N) is 6. The molecule has 10 heteroatoms. The molecule has 1 saturated heterocycles. The molecule has 0 N–H and O–H groups in total. The highest BCUT2D eigenvalue weighted by atomic mass is 35.5. The van der Waals surface area contributed by atoms with Crippen LogP contribution in [0.5, 0.6) is 0 Å². The minimum Gasteiger partial charge on any atom is -0.337 e. The molecule has 1 aromatic heterocycles. The zero-order valence-electron chi connectivity index (χ0n) is 17.9. The quantitative estimate of drug-likeness (QED) is 0.485. The predicted octanol–water partition coefficient (Wildman–Crippen LogP) is 4.23. The van der Waals surface area contributed by atoms with Crippen molar-refractivity contribution in [2.45, 2.75) is 44.8 Å². The molecule has 0 unspecified atom stereocenters. The van der Waals surface area contributed by atoms with Crippen LogP contribution >= 0.6 is 11.6 Å². The first-order chi connectivity index (χ1) is 16.0. The van der Waals surface area contributed by atoms with E-state index in [1.165, 1.54) is 15.5 Å². The van der Waals surface area contributed by atoms with Crippen LogP contribution in [-0.2, 0) is 22.6 Å². The SMILES string of the molecule is CCCCc1ccc(N2C(=O)[C@H]3N=NN(Cc4nc(-c5ccc(Cl)cc5)no4)[C@H]3C2=O)cc1. The van der Waals surface area contributed by atoms with Crippen LogP contribution in [0.25, 0.3) is 11.4 Å². The first-order valence-electron chi connectivity index (χ1n) is 10.8. The predicted molar refractivity (Wildman–Crippen MR) is 120 cm³/mol. The van der Waals surface area contributed by atoms with Gasteiger partial charge in [0.1, 0.15) is 6.54 Å². The molecule has 9 nitrogen and oxygen atoms in total. The Morgan fingerprint density at radius 3 is 2.52 bits per heavy atom. The maximum atomic E-state index is 13.2. The Labute approximate surface area is 195 Å². The van der Waals surface area contributed by atoms with Crippen LogP contribution in [0.3, 0.4) is 0 Å².